The lowest BCUT2D eigenvalue weighted by molar-refractivity contribution is -0.248. The van der Waals surface area contributed by atoms with Crippen LogP contribution in [0.15, 0.2) is 24.3 Å². The predicted octanol–water partition coefficient (Wildman–Crippen LogP) is 8.57. The minimum absolute atomic E-state index is 0.0195. The number of halogens is 7. The van der Waals surface area contributed by atoms with Gasteiger partial charge in [-0.05, 0) is 55.2 Å². The first-order chi connectivity index (χ1) is 20.1. The van der Waals surface area contributed by atoms with E-state index in [9.17, 15) is 30.7 Å². The second kappa shape index (κ2) is 13.1. The predicted molar refractivity (Wildman–Crippen MR) is 138 cm³/mol. The maximum atomic E-state index is 14.8. The van der Waals surface area contributed by atoms with E-state index in [2.05, 4.69) is 11.7 Å². The van der Waals surface area contributed by atoms with Crippen LogP contribution in [0.25, 0.3) is 0 Å². The molecule has 2 aromatic carbocycles. The average Bonchev–Trinajstić information content (AvgIpc) is 2.96. The zero-order valence-corrected chi connectivity index (χ0v) is 23.3. The lowest BCUT2D eigenvalue weighted by Gasteiger charge is -2.41. The number of alkyl halides is 2. The molecular weight excluding hydrogens is 569 g/mol. The van der Waals surface area contributed by atoms with Crippen molar-refractivity contribution in [1.82, 2.24) is 0 Å². The van der Waals surface area contributed by atoms with Gasteiger partial charge in [0.15, 0.2) is 23.7 Å². The second-order valence-electron chi connectivity index (χ2n) is 11.7. The van der Waals surface area contributed by atoms with Crippen LogP contribution < -0.4 is 4.74 Å². The Morgan fingerprint density at radius 1 is 0.714 bits per heavy atom. The maximum absolute atomic E-state index is 14.8. The van der Waals surface area contributed by atoms with Crippen molar-refractivity contribution >= 4 is 0 Å². The molecule has 0 amide bonds. The fourth-order valence-corrected chi connectivity index (χ4v) is 6.53. The van der Waals surface area contributed by atoms with Gasteiger partial charge >= 0.3 is 6.11 Å². The van der Waals surface area contributed by atoms with Crippen LogP contribution in [0.3, 0.4) is 0 Å². The molecule has 2 aromatic rings. The maximum Gasteiger partial charge on any atom is 0.432 e. The van der Waals surface area contributed by atoms with Crippen LogP contribution in [0.1, 0.15) is 75.5 Å². The zero-order chi connectivity index (χ0) is 30.0. The first-order valence-electron chi connectivity index (χ1n) is 14.6. The quantitative estimate of drug-likeness (QED) is 0.224. The molecule has 1 aliphatic carbocycles. The summed E-state index contributed by atoms with van der Waals surface area (Å²) in [5, 5.41) is 0. The molecule has 5 rings (SSSR count). The van der Waals surface area contributed by atoms with Gasteiger partial charge in [-0.15, -0.1) is 0 Å². The van der Waals surface area contributed by atoms with E-state index in [4.69, 9.17) is 14.2 Å². The van der Waals surface area contributed by atoms with Gasteiger partial charge in [0.1, 0.15) is 22.9 Å². The Bertz CT molecular complexity index is 1170. The normalized spacial score (nSPS) is 29.0. The fourth-order valence-electron chi connectivity index (χ4n) is 6.53. The first-order valence-corrected chi connectivity index (χ1v) is 14.6. The van der Waals surface area contributed by atoms with E-state index in [-0.39, 0.29) is 30.2 Å². The Balaban J connectivity index is 1.15. The standard InChI is InChI=1S/C31H35F7O4/c1-2-3-17-4-6-18(7-5-17)21-15-40-30(41-16-21)19-8-9-27(39-14-19)20-10-23(32)28(24(33)11-20)31(37,38)42-22-12-25(34)29(36)26(35)13-22/h10-13,17-19,21,27,30H,2-9,14-16H2,1H3. The number of ether oxygens (including phenoxy) is 4. The van der Waals surface area contributed by atoms with Crippen molar-refractivity contribution in [2.24, 2.45) is 23.7 Å². The van der Waals surface area contributed by atoms with Gasteiger partial charge in [-0.3, -0.25) is 0 Å². The van der Waals surface area contributed by atoms with Crippen LogP contribution in [0.2, 0.25) is 0 Å². The molecule has 0 radical (unpaired) electrons. The summed E-state index contributed by atoms with van der Waals surface area (Å²) in [4.78, 5) is 0. The molecule has 2 atom stereocenters. The molecule has 2 heterocycles. The molecule has 2 saturated heterocycles. The van der Waals surface area contributed by atoms with Crippen LogP contribution in [-0.4, -0.2) is 26.1 Å². The van der Waals surface area contributed by atoms with Gasteiger partial charge in [0.25, 0.3) is 0 Å². The Morgan fingerprint density at radius 3 is 1.83 bits per heavy atom. The van der Waals surface area contributed by atoms with E-state index in [1.54, 1.807) is 0 Å². The van der Waals surface area contributed by atoms with E-state index in [1.165, 1.54) is 38.5 Å². The number of hydrogen-bond donors (Lipinski definition) is 0. The molecule has 2 aliphatic heterocycles. The molecule has 11 heteroatoms. The molecule has 232 valence electrons. The highest BCUT2D eigenvalue weighted by atomic mass is 19.3. The highest BCUT2D eigenvalue weighted by Gasteiger charge is 2.42. The molecule has 0 bridgehead atoms. The van der Waals surface area contributed by atoms with Crippen LogP contribution in [0.5, 0.6) is 5.75 Å². The van der Waals surface area contributed by atoms with Gasteiger partial charge in [-0.25, -0.2) is 22.0 Å². The van der Waals surface area contributed by atoms with Gasteiger partial charge < -0.3 is 18.9 Å². The smallest absolute Gasteiger partial charge is 0.429 e. The first kappa shape index (κ1) is 31.1. The third-order valence-electron chi connectivity index (χ3n) is 8.83. The van der Waals surface area contributed by atoms with Gasteiger partial charge in [-0.1, -0.05) is 32.6 Å². The van der Waals surface area contributed by atoms with E-state index in [0.717, 1.165) is 18.1 Å². The molecule has 42 heavy (non-hydrogen) atoms. The highest BCUT2D eigenvalue weighted by molar-refractivity contribution is 5.32. The Morgan fingerprint density at radius 2 is 1.29 bits per heavy atom. The van der Waals surface area contributed by atoms with Gasteiger partial charge in [0.2, 0.25) is 0 Å². The topological polar surface area (TPSA) is 36.9 Å². The Kier molecular flexibility index (Phi) is 9.69. The lowest BCUT2D eigenvalue weighted by atomic mass is 9.75. The van der Waals surface area contributed by atoms with Crippen LogP contribution >= 0.6 is 0 Å². The third-order valence-corrected chi connectivity index (χ3v) is 8.83. The van der Waals surface area contributed by atoms with E-state index in [1.807, 2.05) is 0 Å². The summed E-state index contributed by atoms with van der Waals surface area (Å²) in [6.45, 7) is 3.68. The Labute approximate surface area is 240 Å². The summed E-state index contributed by atoms with van der Waals surface area (Å²) in [5.74, 6) is -8.15. The summed E-state index contributed by atoms with van der Waals surface area (Å²) < 4.78 is 121. The monoisotopic (exact) mass is 604 g/mol. The second-order valence-corrected chi connectivity index (χ2v) is 11.7. The number of benzene rings is 2. The minimum Gasteiger partial charge on any atom is -0.429 e. The average molecular weight is 605 g/mol. The van der Waals surface area contributed by atoms with E-state index in [0.29, 0.717) is 37.9 Å². The van der Waals surface area contributed by atoms with Crippen molar-refractivity contribution in [2.75, 3.05) is 19.8 Å². The summed E-state index contributed by atoms with van der Waals surface area (Å²) in [6, 6.07) is 1.75. The van der Waals surface area contributed by atoms with Crippen molar-refractivity contribution in [3.8, 4) is 5.75 Å². The molecule has 3 fully saturated rings. The highest BCUT2D eigenvalue weighted by Crippen LogP contribution is 2.41. The fraction of sp³-hybridized carbons (Fsp3) is 0.613. The molecule has 0 N–H and O–H groups in total. The Hall–Kier alpha value is -2.37. The van der Waals surface area contributed by atoms with Crippen molar-refractivity contribution in [2.45, 2.75) is 76.8 Å². The van der Waals surface area contributed by atoms with Gasteiger partial charge in [-0.2, -0.15) is 8.78 Å². The van der Waals surface area contributed by atoms with Crippen molar-refractivity contribution in [3.05, 3.63) is 64.5 Å². The summed E-state index contributed by atoms with van der Waals surface area (Å²) in [6.07, 6.45) is 2.55. The largest absolute Gasteiger partial charge is 0.432 e. The van der Waals surface area contributed by atoms with Crippen LogP contribution in [-0.2, 0) is 20.3 Å². The number of hydrogen-bond acceptors (Lipinski definition) is 4. The molecule has 0 spiro atoms. The molecule has 2 unspecified atom stereocenters. The number of rotatable bonds is 8. The third kappa shape index (κ3) is 6.89. The molecule has 3 aliphatic rings. The SMILES string of the molecule is CCCC1CCC(C2COC(C3CCC(c4cc(F)c(C(F)(F)Oc5cc(F)c(F)c(F)c5)c(F)c4)OC3)OC2)CC1. The van der Waals surface area contributed by atoms with Crippen molar-refractivity contribution in [3.63, 3.8) is 0 Å². The van der Waals surface area contributed by atoms with Gasteiger partial charge in [0, 0.05) is 24.0 Å². The lowest BCUT2D eigenvalue weighted by Crippen LogP contribution is -2.43. The minimum atomic E-state index is -4.65. The van der Waals surface area contributed by atoms with E-state index < -0.39 is 58.9 Å². The van der Waals surface area contributed by atoms with Crippen LogP contribution in [0.4, 0.5) is 30.7 Å². The van der Waals surface area contributed by atoms with Crippen molar-refractivity contribution in [1.29, 1.82) is 0 Å². The van der Waals surface area contributed by atoms with Crippen LogP contribution in [0, 0.1) is 52.8 Å². The molecule has 0 aromatic heterocycles. The zero-order valence-electron chi connectivity index (χ0n) is 23.3. The van der Waals surface area contributed by atoms with Crippen molar-refractivity contribution < 1.29 is 49.7 Å². The summed E-state index contributed by atoms with van der Waals surface area (Å²) in [5.41, 5.74) is -1.73. The molecular formula is C31H35F7O4. The summed E-state index contributed by atoms with van der Waals surface area (Å²) >= 11 is 0. The van der Waals surface area contributed by atoms with E-state index >= 15 is 0 Å². The van der Waals surface area contributed by atoms with Gasteiger partial charge in [0.05, 0.1) is 25.9 Å². The molecule has 1 saturated carbocycles. The molecule has 4 nitrogen and oxygen atoms in total. The summed E-state index contributed by atoms with van der Waals surface area (Å²) in [7, 11) is 0.